The van der Waals surface area contributed by atoms with Crippen molar-refractivity contribution in [1.29, 1.82) is 0 Å². The lowest BCUT2D eigenvalue weighted by Crippen LogP contribution is -1.93. The minimum atomic E-state index is 0.749. The van der Waals surface area contributed by atoms with Crippen molar-refractivity contribution in [2.24, 2.45) is 5.92 Å². The average Bonchev–Trinajstić information content (AvgIpc) is 2.96. The topological polar surface area (TPSA) is 0 Å². The highest BCUT2D eigenvalue weighted by Crippen LogP contribution is 2.42. The monoisotopic (exact) mass is 194 g/mol. The summed E-state index contributed by atoms with van der Waals surface area (Å²) in [6.45, 7) is 0. The van der Waals surface area contributed by atoms with E-state index in [9.17, 15) is 0 Å². The van der Waals surface area contributed by atoms with Crippen LogP contribution >= 0.6 is 0 Å². The van der Waals surface area contributed by atoms with Gasteiger partial charge in [-0.15, -0.1) is 5.73 Å². The largest absolute Gasteiger partial charge is 0.122 e. The Morgan fingerprint density at radius 1 is 1.13 bits per heavy atom. The van der Waals surface area contributed by atoms with E-state index in [0.29, 0.717) is 0 Å². The fourth-order valence-corrected chi connectivity index (χ4v) is 2.39. The van der Waals surface area contributed by atoms with Gasteiger partial charge in [-0.05, 0) is 66.5 Å². The summed E-state index contributed by atoms with van der Waals surface area (Å²) in [4.78, 5) is 0. The van der Waals surface area contributed by atoms with Gasteiger partial charge in [0, 0.05) is 6.42 Å². The Bertz CT molecular complexity index is 490. The molecule has 0 N–H and O–H groups in total. The van der Waals surface area contributed by atoms with Gasteiger partial charge in [0.1, 0.15) is 0 Å². The Balaban J connectivity index is 2.02. The normalized spacial score (nSPS) is 27.2. The van der Waals surface area contributed by atoms with Crippen molar-refractivity contribution in [2.45, 2.75) is 38.5 Å². The third kappa shape index (κ3) is 2.00. The maximum Gasteiger partial charge on any atom is 0.00203 e. The standard InChI is InChI=1S/C15H14/c1-2-5-12-6-4-7-13(9-12)10-15-11-14(15)8-3-1/h2,15H,4-7,10-11H2. The van der Waals surface area contributed by atoms with Crippen molar-refractivity contribution < 1.29 is 0 Å². The summed E-state index contributed by atoms with van der Waals surface area (Å²) in [6.07, 6.45) is 9.28. The first kappa shape index (κ1) is 8.87. The molecule has 0 nitrogen and oxygen atoms in total. The maximum atomic E-state index is 3.60. The van der Waals surface area contributed by atoms with Crippen LogP contribution in [0.4, 0.5) is 0 Å². The fourth-order valence-electron chi connectivity index (χ4n) is 2.39. The predicted octanol–water partition coefficient (Wildman–Crippen LogP) is 3.83. The molecule has 0 heteroatoms. The zero-order chi connectivity index (χ0) is 10.1. The predicted molar refractivity (Wildman–Crippen MR) is 60.4 cm³/mol. The average molecular weight is 194 g/mol. The molecule has 1 saturated carbocycles. The molecule has 0 aromatic heterocycles. The first-order valence-corrected chi connectivity index (χ1v) is 5.82. The van der Waals surface area contributed by atoms with Crippen LogP contribution in [0.5, 0.6) is 0 Å². The number of rotatable bonds is 0. The molecule has 3 aliphatic carbocycles. The molecule has 0 amide bonds. The van der Waals surface area contributed by atoms with Crippen LogP contribution in [0.15, 0.2) is 45.7 Å². The second kappa shape index (κ2) is 3.63. The van der Waals surface area contributed by atoms with E-state index in [1.54, 1.807) is 0 Å². The molecule has 2 bridgehead atoms. The first-order valence-electron chi connectivity index (χ1n) is 5.82. The van der Waals surface area contributed by atoms with E-state index in [-0.39, 0.29) is 0 Å². The van der Waals surface area contributed by atoms with Crippen molar-refractivity contribution >= 4 is 0 Å². The second-order valence-electron chi connectivity index (χ2n) is 4.62. The van der Waals surface area contributed by atoms with E-state index in [2.05, 4.69) is 29.0 Å². The zero-order valence-electron chi connectivity index (χ0n) is 8.90. The maximum absolute atomic E-state index is 3.60. The van der Waals surface area contributed by atoms with Crippen LogP contribution in [0.3, 0.4) is 0 Å². The zero-order valence-corrected chi connectivity index (χ0v) is 8.90. The van der Waals surface area contributed by atoms with Gasteiger partial charge < -0.3 is 0 Å². The molecule has 0 radical (unpaired) electrons. The van der Waals surface area contributed by atoms with Crippen LogP contribution < -0.4 is 0 Å². The summed E-state index contributed by atoms with van der Waals surface area (Å²) >= 11 is 0. The Labute approximate surface area is 90.7 Å². The molecule has 74 valence electrons. The second-order valence-corrected chi connectivity index (χ2v) is 4.62. The minimum absolute atomic E-state index is 0.749. The van der Waals surface area contributed by atoms with E-state index in [0.717, 1.165) is 12.3 Å². The summed E-state index contributed by atoms with van der Waals surface area (Å²) in [5.74, 6) is 0.749. The van der Waals surface area contributed by atoms with Gasteiger partial charge in [-0.3, -0.25) is 0 Å². The minimum Gasteiger partial charge on any atom is -0.122 e. The number of fused-ring (bicyclic) bond motifs is 1. The molecule has 0 aromatic carbocycles. The van der Waals surface area contributed by atoms with Crippen LogP contribution in [0.1, 0.15) is 38.5 Å². The van der Waals surface area contributed by atoms with Crippen LogP contribution in [0, 0.1) is 5.92 Å². The Morgan fingerprint density at radius 3 is 3.07 bits per heavy atom. The van der Waals surface area contributed by atoms with E-state index in [1.165, 1.54) is 48.8 Å². The van der Waals surface area contributed by atoms with Crippen LogP contribution in [0.2, 0.25) is 0 Å². The third-order valence-electron chi connectivity index (χ3n) is 3.35. The molecule has 1 atom stereocenters. The molecule has 3 aliphatic rings. The van der Waals surface area contributed by atoms with Crippen LogP contribution in [-0.4, -0.2) is 0 Å². The third-order valence-corrected chi connectivity index (χ3v) is 3.35. The molecule has 1 unspecified atom stereocenters. The molecule has 0 spiro atoms. The van der Waals surface area contributed by atoms with Gasteiger partial charge >= 0.3 is 0 Å². The quantitative estimate of drug-likeness (QED) is 0.514. The van der Waals surface area contributed by atoms with Gasteiger partial charge in [-0.2, -0.15) is 0 Å². The lowest BCUT2D eigenvalue weighted by atomic mass is 9.94. The molecule has 3 rings (SSSR count). The van der Waals surface area contributed by atoms with Crippen molar-refractivity contribution in [1.82, 2.24) is 0 Å². The van der Waals surface area contributed by atoms with Crippen molar-refractivity contribution in [2.75, 3.05) is 0 Å². The van der Waals surface area contributed by atoms with Gasteiger partial charge in [-0.1, -0.05) is 11.5 Å². The lowest BCUT2D eigenvalue weighted by molar-refractivity contribution is 0.710. The van der Waals surface area contributed by atoms with E-state index in [1.807, 2.05) is 0 Å². The molecule has 15 heavy (non-hydrogen) atoms. The molecular formula is C15H14. The van der Waals surface area contributed by atoms with Crippen molar-refractivity contribution in [3.8, 4) is 0 Å². The molecule has 0 saturated heterocycles. The van der Waals surface area contributed by atoms with E-state index >= 15 is 0 Å². The number of hydrogen-bond donors (Lipinski definition) is 0. The molecular weight excluding hydrogens is 180 g/mol. The van der Waals surface area contributed by atoms with Crippen LogP contribution in [0.25, 0.3) is 0 Å². The summed E-state index contributed by atoms with van der Waals surface area (Å²) in [6, 6.07) is 0. The van der Waals surface area contributed by atoms with Crippen LogP contribution in [-0.2, 0) is 0 Å². The van der Waals surface area contributed by atoms with Gasteiger partial charge in [0.25, 0.3) is 0 Å². The SMILES string of the molecule is C1=C=CCC2=C=C(CCC2)CC2CC2=C=1. The molecule has 0 aliphatic heterocycles. The molecule has 0 heterocycles. The molecule has 0 aromatic rings. The highest BCUT2D eigenvalue weighted by molar-refractivity contribution is 5.28. The highest BCUT2D eigenvalue weighted by atomic mass is 14.3. The van der Waals surface area contributed by atoms with Gasteiger partial charge in [0.2, 0.25) is 0 Å². The summed E-state index contributed by atoms with van der Waals surface area (Å²) in [7, 11) is 0. The summed E-state index contributed by atoms with van der Waals surface area (Å²) < 4.78 is 0. The van der Waals surface area contributed by atoms with E-state index < -0.39 is 0 Å². The van der Waals surface area contributed by atoms with Gasteiger partial charge in [0.05, 0.1) is 0 Å². The first-order chi connectivity index (χ1) is 7.42. The highest BCUT2D eigenvalue weighted by Gasteiger charge is 2.30. The fraction of sp³-hybridized carbons (Fsp3) is 0.467. The number of allylic oxidation sites excluding steroid dienone is 3. The van der Waals surface area contributed by atoms with Crippen molar-refractivity contribution in [3.63, 3.8) is 0 Å². The summed E-state index contributed by atoms with van der Waals surface area (Å²) in [5, 5.41) is 0. The molecule has 1 fully saturated rings. The summed E-state index contributed by atoms with van der Waals surface area (Å²) in [5.41, 5.74) is 17.3. The van der Waals surface area contributed by atoms with Crippen molar-refractivity contribution in [3.05, 3.63) is 45.7 Å². The Kier molecular flexibility index (Phi) is 2.15. The van der Waals surface area contributed by atoms with E-state index in [4.69, 9.17) is 0 Å². The van der Waals surface area contributed by atoms with Gasteiger partial charge in [0.15, 0.2) is 0 Å². The Morgan fingerprint density at radius 2 is 2.07 bits per heavy atom. The Hall–Kier alpha value is -1.40. The lowest BCUT2D eigenvalue weighted by Gasteiger charge is -2.11. The number of hydrogen-bond acceptors (Lipinski definition) is 0. The smallest absolute Gasteiger partial charge is 0.00203 e. The van der Waals surface area contributed by atoms with Gasteiger partial charge in [-0.25, -0.2) is 0 Å².